The monoisotopic (exact) mass is 450 g/mol. The number of carbonyl (C=O) groups is 2. The Labute approximate surface area is 185 Å². The Morgan fingerprint density at radius 3 is 2.30 bits per heavy atom. The summed E-state index contributed by atoms with van der Waals surface area (Å²) in [7, 11) is 0. The maximum atomic E-state index is 12.5. The zero-order chi connectivity index (χ0) is 21.5. The highest BCUT2D eigenvalue weighted by Crippen LogP contribution is 2.19. The van der Waals surface area contributed by atoms with Gasteiger partial charge in [0.05, 0.1) is 18.7 Å². The van der Waals surface area contributed by atoms with Crippen LogP contribution in [0.2, 0.25) is 10.0 Å². The van der Waals surface area contributed by atoms with Crippen molar-refractivity contribution in [1.29, 1.82) is 0 Å². The molecule has 2 N–H and O–H groups in total. The van der Waals surface area contributed by atoms with Crippen molar-refractivity contribution >= 4 is 35.0 Å². The summed E-state index contributed by atoms with van der Waals surface area (Å²) in [6, 6.07) is 13.8. The molecule has 0 saturated carbocycles. The van der Waals surface area contributed by atoms with Gasteiger partial charge in [-0.05, 0) is 61.7 Å². The van der Waals surface area contributed by atoms with E-state index in [0.717, 1.165) is 5.56 Å². The molecule has 0 spiro atoms. The summed E-state index contributed by atoms with van der Waals surface area (Å²) in [6.07, 6.45) is 0.653. The molecule has 3 atom stereocenters. The van der Waals surface area contributed by atoms with Gasteiger partial charge in [-0.2, -0.15) is 0 Å². The van der Waals surface area contributed by atoms with E-state index < -0.39 is 6.10 Å². The van der Waals surface area contributed by atoms with E-state index in [4.69, 9.17) is 32.7 Å². The van der Waals surface area contributed by atoms with Gasteiger partial charge in [-0.1, -0.05) is 35.3 Å². The number of benzene rings is 2. The number of amides is 2. The number of ether oxygens (including phenoxy) is 2. The van der Waals surface area contributed by atoms with Gasteiger partial charge in [0.2, 0.25) is 5.91 Å². The largest absolute Gasteiger partial charge is 0.484 e. The van der Waals surface area contributed by atoms with Crippen LogP contribution in [0, 0.1) is 0 Å². The minimum absolute atomic E-state index is 0.0966. The van der Waals surface area contributed by atoms with Crippen molar-refractivity contribution in [2.24, 2.45) is 0 Å². The van der Waals surface area contributed by atoms with E-state index in [1.54, 1.807) is 36.4 Å². The fourth-order valence-electron chi connectivity index (χ4n) is 3.16. The van der Waals surface area contributed by atoms with Crippen LogP contribution in [0.5, 0.6) is 5.75 Å². The molecular weight excluding hydrogens is 427 g/mol. The highest BCUT2D eigenvalue weighted by Gasteiger charge is 2.28. The Balaban J connectivity index is 1.38. The molecule has 3 rings (SSSR count). The number of rotatable bonds is 7. The Hall–Kier alpha value is -2.28. The molecule has 8 heteroatoms. The van der Waals surface area contributed by atoms with Crippen LogP contribution in [0.4, 0.5) is 0 Å². The number of nitrogens with one attached hydrogen (secondary N) is 2. The van der Waals surface area contributed by atoms with Gasteiger partial charge in [-0.15, -0.1) is 0 Å². The highest BCUT2D eigenvalue weighted by atomic mass is 35.5. The third-order valence-electron chi connectivity index (χ3n) is 4.85. The topological polar surface area (TPSA) is 76.7 Å². The lowest BCUT2D eigenvalue weighted by Crippen LogP contribution is -2.48. The third kappa shape index (κ3) is 6.62. The summed E-state index contributed by atoms with van der Waals surface area (Å²) in [5.74, 6) is 0.173. The lowest BCUT2D eigenvalue weighted by molar-refractivity contribution is -0.138. The molecule has 0 aromatic heterocycles. The van der Waals surface area contributed by atoms with Crippen molar-refractivity contribution in [3.05, 3.63) is 64.1 Å². The Morgan fingerprint density at radius 2 is 1.70 bits per heavy atom. The Bertz CT molecular complexity index is 850. The van der Waals surface area contributed by atoms with Crippen molar-refractivity contribution in [3.8, 4) is 5.75 Å². The van der Waals surface area contributed by atoms with Crippen LogP contribution < -0.4 is 15.4 Å². The van der Waals surface area contributed by atoms with Crippen molar-refractivity contribution in [2.75, 3.05) is 13.2 Å². The number of carbonyl (C=O) groups excluding carboxylic acids is 2. The van der Waals surface area contributed by atoms with Crippen LogP contribution in [-0.4, -0.2) is 37.2 Å². The van der Waals surface area contributed by atoms with Crippen LogP contribution in [0.25, 0.3) is 0 Å². The minimum atomic E-state index is -0.529. The molecule has 160 valence electrons. The van der Waals surface area contributed by atoms with Gasteiger partial charge in [-0.3, -0.25) is 9.59 Å². The van der Waals surface area contributed by atoms with Crippen LogP contribution in [0.15, 0.2) is 48.5 Å². The average molecular weight is 451 g/mol. The quantitative estimate of drug-likeness (QED) is 0.670. The van der Waals surface area contributed by atoms with Crippen LogP contribution in [0.3, 0.4) is 0 Å². The molecule has 2 aromatic rings. The number of hydrogen-bond donors (Lipinski definition) is 2. The zero-order valence-electron chi connectivity index (χ0n) is 16.6. The van der Waals surface area contributed by atoms with Crippen molar-refractivity contribution < 1.29 is 19.1 Å². The lowest BCUT2D eigenvalue weighted by Gasteiger charge is -2.29. The predicted molar refractivity (Wildman–Crippen MR) is 116 cm³/mol. The van der Waals surface area contributed by atoms with Gasteiger partial charge < -0.3 is 20.1 Å². The molecule has 1 heterocycles. The fourth-order valence-corrected chi connectivity index (χ4v) is 3.41. The lowest BCUT2D eigenvalue weighted by atomic mass is 10.0. The standard InChI is InChI=1S/C22H24Cl2N2O4/c1-14(15-2-4-16(23)5-3-15)25-22(28)20-11-8-18(12-30-20)26-21(27)13-29-19-9-6-17(24)7-10-19/h2-7,9-10,14,18,20H,8,11-13H2,1H3,(H,25,28)(H,26,27)/t14-,18+,20-/m0/s1. The molecule has 2 aromatic carbocycles. The van der Waals surface area contributed by atoms with Gasteiger partial charge in [0.1, 0.15) is 11.9 Å². The number of hydrogen-bond acceptors (Lipinski definition) is 4. The molecule has 0 aliphatic carbocycles. The molecule has 1 aliphatic rings. The first-order chi connectivity index (χ1) is 14.4. The number of halogens is 2. The van der Waals surface area contributed by atoms with Gasteiger partial charge in [-0.25, -0.2) is 0 Å². The van der Waals surface area contributed by atoms with Gasteiger partial charge in [0.25, 0.3) is 5.91 Å². The molecule has 0 unspecified atom stereocenters. The molecule has 1 saturated heterocycles. The summed E-state index contributed by atoms with van der Waals surface area (Å²) in [5.41, 5.74) is 0.967. The first-order valence-electron chi connectivity index (χ1n) is 9.76. The summed E-state index contributed by atoms with van der Waals surface area (Å²) >= 11 is 11.7. The van der Waals surface area contributed by atoms with E-state index in [1.165, 1.54) is 0 Å². The van der Waals surface area contributed by atoms with Gasteiger partial charge in [0, 0.05) is 10.0 Å². The first-order valence-corrected chi connectivity index (χ1v) is 10.5. The fraction of sp³-hybridized carbons (Fsp3) is 0.364. The predicted octanol–water partition coefficient (Wildman–Crippen LogP) is 3.91. The molecular formula is C22H24Cl2N2O4. The van der Waals surface area contributed by atoms with E-state index in [1.807, 2.05) is 19.1 Å². The second-order valence-corrected chi connectivity index (χ2v) is 8.06. The summed E-state index contributed by atoms with van der Waals surface area (Å²) in [4.78, 5) is 24.6. The molecule has 0 bridgehead atoms. The van der Waals surface area contributed by atoms with E-state index >= 15 is 0 Å². The van der Waals surface area contributed by atoms with Gasteiger partial charge >= 0.3 is 0 Å². The normalized spacial score (nSPS) is 19.6. The van der Waals surface area contributed by atoms with Crippen molar-refractivity contribution in [1.82, 2.24) is 10.6 Å². The second kappa shape index (κ2) is 10.7. The van der Waals surface area contributed by atoms with E-state index in [9.17, 15) is 9.59 Å². The molecule has 6 nitrogen and oxygen atoms in total. The maximum Gasteiger partial charge on any atom is 0.258 e. The maximum absolute atomic E-state index is 12.5. The third-order valence-corrected chi connectivity index (χ3v) is 5.35. The highest BCUT2D eigenvalue weighted by molar-refractivity contribution is 6.30. The van der Waals surface area contributed by atoms with Crippen LogP contribution in [-0.2, 0) is 14.3 Å². The van der Waals surface area contributed by atoms with Crippen LogP contribution >= 0.6 is 23.2 Å². The average Bonchev–Trinajstić information content (AvgIpc) is 2.74. The van der Waals surface area contributed by atoms with Crippen molar-refractivity contribution in [2.45, 2.75) is 38.0 Å². The van der Waals surface area contributed by atoms with Gasteiger partial charge in [0.15, 0.2) is 6.61 Å². The Morgan fingerprint density at radius 1 is 1.07 bits per heavy atom. The summed E-state index contributed by atoms with van der Waals surface area (Å²) < 4.78 is 11.1. The first kappa shape index (κ1) is 22.4. The molecule has 2 amide bonds. The molecule has 1 aliphatic heterocycles. The van der Waals surface area contributed by atoms with Crippen LogP contribution in [0.1, 0.15) is 31.4 Å². The zero-order valence-corrected chi connectivity index (χ0v) is 18.1. The summed E-state index contributed by atoms with van der Waals surface area (Å²) in [5, 5.41) is 7.09. The minimum Gasteiger partial charge on any atom is -0.484 e. The molecule has 30 heavy (non-hydrogen) atoms. The molecule has 0 radical (unpaired) electrons. The van der Waals surface area contributed by atoms with E-state index in [-0.39, 0.29) is 37.1 Å². The SMILES string of the molecule is C[C@H](NC(=O)[C@@H]1CC[C@@H](NC(=O)COc2ccc(Cl)cc2)CO1)c1ccc(Cl)cc1. The molecule has 1 fully saturated rings. The summed E-state index contributed by atoms with van der Waals surface area (Å²) in [6.45, 7) is 2.09. The second-order valence-electron chi connectivity index (χ2n) is 7.19. The van der Waals surface area contributed by atoms with E-state index in [0.29, 0.717) is 28.6 Å². The van der Waals surface area contributed by atoms with Crippen molar-refractivity contribution in [3.63, 3.8) is 0 Å². The van der Waals surface area contributed by atoms with E-state index in [2.05, 4.69) is 10.6 Å². The smallest absolute Gasteiger partial charge is 0.258 e. The Kier molecular flexibility index (Phi) is 7.96.